The van der Waals surface area contributed by atoms with Gasteiger partial charge in [0.2, 0.25) is 0 Å². The summed E-state index contributed by atoms with van der Waals surface area (Å²) >= 11 is 1.02. The van der Waals surface area contributed by atoms with Gasteiger partial charge in [0, 0.05) is 23.6 Å². The van der Waals surface area contributed by atoms with Crippen molar-refractivity contribution in [2.45, 2.75) is 45.9 Å². The fourth-order valence-corrected chi connectivity index (χ4v) is 4.44. The number of esters is 1. The van der Waals surface area contributed by atoms with Crippen molar-refractivity contribution >= 4 is 46.1 Å². The van der Waals surface area contributed by atoms with E-state index in [1.807, 2.05) is 30.5 Å². The van der Waals surface area contributed by atoms with E-state index in [1.165, 1.54) is 7.11 Å². The SMILES string of the molecule is COC(=O)[C@H](CNC(=O)OC(C)(C)C)NC(=O)c1sc(C(=O)NCc2cccc3[nH]ccc23)cc1C. The number of H-pyrrole nitrogens is 1. The van der Waals surface area contributed by atoms with E-state index in [2.05, 4.69) is 20.9 Å². The Morgan fingerprint density at radius 2 is 1.83 bits per heavy atom. The van der Waals surface area contributed by atoms with E-state index in [9.17, 15) is 19.2 Å². The summed E-state index contributed by atoms with van der Waals surface area (Å²) in [5, 5.41) is 8.92. The molecule has 36 heavy (non-hydrogen) atoms. The number of amides is 3. The maximum absolute atomic E-state index is 12.9. The van der Waals surface area contributed by atoms with Gasteiger partial charge in [0.15, 0.2) is 0 Å². The molecule has 0 aliphatic rings. The van der Waals surface area contributed by atoms with Gasteiger partial charge in [-0.1, -0.05) is 12.1 Å². The number of aromatic nitrogens is 1. The van der Waals surface area contributed by atoms with E-state index in [4.69, 9.17) is 9.47 Å². The number of hydrogen-bond donors (Lipinski definition) is 4. The Hall–Kier alpha value is -3.86. The predicted octanol–water partition coefficient (Wildman–Crippen LogP) is 3.26. The van der Waals surface area contributed by atoms with E-state index in [-0.39, 0.29) is 17.3 Å². The molecule has 2 heterocycles. The first-order valence-electron chi connectivity index (χ1n) is 11.3. The molecule has 3 aromatic rings. The molecule has 4 N–H and O–H groups in total. The van der Waals surface area contributed by atoms with Crippen LogP contribution in [0.25, 0.3) is 10.9 Å². The molecule has 1 atom stereocenters. The zero-order chi connectivity index (χ0) is 26.5. The lowest BCUT2D eigenvalue weighted by atomic mass is 10.1. The van der Waals surface area contributed by atoms with Crippen molar-refractivity contribution in [2.75, 3.05) is 13.7 Å². The van der Waals surface area contributed by atoms with Crippen molar-refractivity contribution in [3.8, 4) is 0 Å². The molecule has 0 unspecified atom stereocenters. The number of carbonyl (C=O) groups is 4. The van der Waals surface area contributed by atoms with Crippen molar-refractivity contribution < 1.29 is 28.7 Å². The van der Waals surface area contributed by atoms with Gasteiger partial charge in [-0.15, -0.1) is 11.3 Å². The average molecular weight is 515 g/mol. The van der Waals surface area contributed by atoms with Crippen LogP contribution in [0.15, 0.2) is 36.5 Å². The Kier molecular flexibility index (Phi) is 8.36. The maximum Gasteiger partial charge on any atom is 0.407 e. The standard InChI is InChI=1S/C25H30N4O6S/c1-14-11-19(21(30)27-12-15-7-6-8-17-16(15)9-10-26-17)36-20(14)22(31)29-18(23(32)34-5)13-28-24(33)35-25(2,3)4/h6-11,18,26H,12-13H2,1-5H3,(H,27,30)(H,28,33)(H,29,31)/t18-/m0/s1. The van der Waals surface area contributed by atoms with Gasteiger partial charge < -0.3 is 30.4 Å². The number of nitrogens with one attached hydrogen (secondary N) is 4. The smallest absolute Gasteiger partial charge is 0.407 e. The quantitative estimate of drug-likeness (QED) is 0.340. The second-order valence-corrected chi connectivity index (χ2v) is 10.1. The third kappa shape index (κ3) is 6.85. The Morgan fingerprint density at radius 3 is 2.53 bits per heavy atom. The summed E-state index contributed by atoms with van der Waals surface area (Å²) in [5.74, 6) is -1.61. The van der Waals surface area contributed by atoms with Crippen LogP contribution in [0.3, 0.4) is 0 Å². The third-order valence-electron chi connectivity index (χ3n) is 5.11. The van der Waals surface area contributed by atoms with Gasteiger partial charge in [-0.2, -0.15) is 0 Å². The van der Waals surface area contributed by atoms with Crippen molar-refractivity contribution in [1.29, 1.82) is 0 Å². The number of hydrogen-bond acceptors (Lipinski definition) is 7. The summed E-state index contributed by atoms with van der Waals surface area (Å²) in [4.78, 5) is 53.6. The highest BCUT2D eigenvalue weighted by atomic mass is 32.1. The number of rotatable bonds is 8. The second-order valence-electron chi connectivity index (χ2n) is 9.09. The fraction of sp³-hybridized carbons (Fsp3) is 0.360. The summed E-state index contributed by atoms with van der Waals surface area (Å²) in [6.45, 7) is 6.93. The lowest BCUT2D eigenvalue weighted by Crippen LogP contribution is -2.49. The highest BCUT2D eigenvalue weighted by molar-refractivity contribution is 7.16. The third-order valence-corrected chi connectivity index (χ3v) is 6.35. The molecule has 0 saturated heterocycles. The molecule has 192 valence electrons. The van der Waals surface area contributed by atoms with E-state index >= 15 is 0 Å². The molecule has 3 amide bonds. The van der Waals surface area contributed by atoms with E-state index in [0.717, 1.165) is 27.8 Å². The topological polar surface area (TPSA) is 139 Å². The van der Waals surface area contributed by atoms with Gasteiger partial charge in [-0.3, -0.25) is 9.59 Å². The second kappa shape index (κ2) is 11.3. The largest absolute Gasteiger partial charge is 0.467 e. The van der Waals surface area contributed by atoms with Crippen LogP contribution < -0.4 is 16.0 Å². The first kappa shape index (κ1) is 26.7. The number of thiophene rings is 1. The fourth-order valence-electron chi connectivity index (χ4n) is 3.45. The average Bonchev–Trinajstić information content (AvgIpc) is 3.45. The van der Waals surface area contributed by atoms with E-state index in [1.54, 1.807) is 33.8 Å². The van der Waals surface area contributed by atoms with Crippen molar-refractivity contribution in [3.63, 3.8) is 0 Å². The normalized spacial score (nSPS) is 12.0. The molecular weight excluding hydrogens is 484 g/mol. The van der Waals surface area contributed by atoms with Crippen molar-refractivity contribution in [1.82, 2.24) is 20.9 Å². The van der Waals surface area contributed by atoms with Crippen LogP contribution in [0.5, 0.6) is 0 Å². The van der Waals surface area contributed by atoms with E-state index in [0.29, 0.717) is 17.0 Å². The van der Waals surface area contributed by atoms with Crippen LogP contribution in [-0.4, -0.2) is 54.2 Å². The molecule has 10 nitrogen and oxygen atoms in total. The van der Waals surface area contributed by atoms with Crippen molar-refractivity contribution in [2.24, 2.45) is 0 Å². The molecule has 0 bridgehead atoms. The molecule has 0 aliphatic heterocycles. The number of aromatic amines is 1. The van der Waals surface area contributed by atoms with Gasteiger partial charge >= 0.3 is 12.1 Å². The van der Waals surface area contributed by atoms with Crippen LogP contribution in [0.4, 0.5) is 4.79 Å². The Bertz CT molecular complexity index is 1270. The van der Waals surface area contributed by atoms with Crippen molar-refractivity contribution in [3.05, 3.63) is 57.4 Å². The van der Waals surface area contributed by atoms with Gasteiger partial charge in [0.25, 0.3) is 11.8 Å². The highest BCUT2D eigenvalue weighted by Gasteiger charge is 2.26. The Labute approximate surface area is 212 Å². The molecular formula is C25H30N4O6S. The van der Waals surface area contributed by atoms with Gasteiger partial charge in [0.1, 0.15) is 11.6 Å². The van der Waals surface area contributed by atoms with Gasteiger partial charge in [-0.25, -0.2) is 9.59 Å². The van der Waals surface area contributed by atoms with Crippen LogP contribution >= 0.6 is 11.3 Å². The summed E-state index contributed by atoms with van der Waals surface area (Å²) in [6, 6.07) is 8.23. The zero-order valence-electron chi connectivity index (χ0n) is 20.8. The molecule has 0 fully saturated rings. The van der Waals surface area contributed by atoms with E-state index < -0.39 is 29.6 Å². The molecule has 1 aromatic carbocycles. The maximum atomic E-state index is 12.9. The minimum Gasteiger partial charge on any atom is -0.467 e. The first-order chi connectivity index (χ1) is 17.0. The lowest BCUT2D eigenvalue weighted by Gasteiger charge is -2.21. The number of fused-ring (bicyclic) bond motifs is 1. The first-order valence-corrected chi connectivity index (χ1v) is 12.1. The number of ether oxygens (including phenoxy) is 2. The zero-order valence-corrected chi connectivity index (χ0v) is 21.6. The molecule has 3 rings (SSSR count). The Morgan fingerprint density at radius 1 is 1.08 bits per heavy atom. The minimum absolute atomic E-state index is 0.226. The molecule has 11 heteroatoms. The predicted molar refractivity (Wildman–Crippen MR) is 136 cm³/mol. The highest BCUT2D eigenvalue weighted by Crippen LogP contribution is 2.23. The summed E-state index contributed by atoms with van der Waals surface area (Å²) in [5.41, 5.74) is 1.81. The monoisotopic (exact) mass is 514 g/mol. The molecule has 0 saturated carbocycles. The Balaban J connectivity index is 1.64. The number of benzene rings is 1. The van der Waals surface area contributed by atoms with Crippen LogP contribution in [0, 0.1) is 6.92 Å². The number of alkyl carbamates (subject to hydrolysis) is 1. The van der Waals surface area contributed by atoms with Crippen LogP contribution in [-0.2, 0) is 20.8 Å². The number of aryl methyl sites for hydroxylation is 1. The van der Waals surface area contributed by atoms with Crippen LogP contribution in [0.1, 0.15) is 51.2 Å². The van der Waals surface area contributed by atoms with Gasteiger partial charge in [-0.05, 0) is 57.0 Å². The molecule has 0 spiro atoms. The number of carbonyl (C=O) groups excluding carboxylic acids is 4. The summed E-state index contributed by atoms with van der Waals surface area (Å²) < 4.78 is 9.90. The molecule has 0 aliphatic carbocycles. The minimum atomic E-state index is -1.14. The lowest BCUT2D eigenvalue weighted by molar-refractivity contribution is -0.142. The van der Waals surface area contributed by atoms with Crippen LogP contribution in [0.2, 0.25) is 0 Å². The van der Waals surface area contributed by atoms with Gasteiger partial charge in [0.05, 0.1) is 23.4 Å². The number of methoxy groups -OCH3 is 1. The summed E-state index contributed by atoms with van der Waals surface area (Å²) in [6.07, 6.45) is 1.11. The molecule has 2 aromatic heterocycles. The molecule has 0 radical (unpaired) electrons. The summed E-state index contributed by atoms with van der Waals surface area (Å²) in [7, 11) is 1.18.